The first-order valence-electron chi connectivity index (χ1n) is 5.70. The Kier molecular flexibility index (Phi) is 4.35. The molecule has 5 nitrogen and oxygen atoms in total. The Balaban J connectivity index is 1.77. The van der Waals surface area contributed by atoms with Crippen LogP contribution in [-0.4, -0.2) is 18.5 Å². The number of ether oxygens (including phenoxy) is 1. The molecule has 0 aliphatic rings. The Morgan fingerprint density at radius 2 is 2.26 bits per heavy atom. The maximum atomic E-state index is 11.6. The number of carbonyl (C=O) groups is 2. The topological polar surface area (TPSA) is 68.5 Å². The molecule has 0 bridgehead atoms. The third kappa shape index (κ3) is 3.69. The van der Waals surface area contributed by atoms with Crippen molar-refractivity contribution >= 4 is 23.2 Å². The molecule has 0 saturated heterocycles. The largest absolute Gasteiger partial charge is 0.457 e. The van der Waals surface area contributed by atoms with E-state index in [4.69, 9.17) is 9.15 Å². The van der Waals surface area contributed by atoms with E-state index in [-0.39, 0.29) is 24.3 Å². The monoisotopic (exact) mass is 279 g/mol. The summed E-state index contributed by atoms with van der Waals surface area (Å²) in [5, 5.41) is 4.69. The SMILES string of the molecule is CC(NC(=O)COC(=O)c1ccco1)c1cccs1. The Hall–Kier alpha value is -2.08. The zero-order chi connectivity index (χ0) is 13.7. The van der Waals surface area contributed by atoms with Gasteiger partial charge in [0.2, 0.25) is 5.76 Å². The van der Waals surface area contributed by atoms with Gasteiger partial charge in [-0.3, -0.25) is 4.79 Å². The zero-order valence-corrected chi connectivity index (χ0v) is 11.1. The minimum atomic E-state index is -0.649. The summed E-state index contributed by atoms with van der Waals surface area (Å²) in [4.78, 5) is 24.1. The van der Waals surface area contributed by atoms with Crippen LogP contribution in [0.5, 0.6) is 0 Å². The van der Waals surface area contributed by atoms with E-state index in [9.17, 15) is 9.59 Å². The molecule has 2 aromatic heterocycles. The van der Waals surface area contributed by atoms with E-state index >= 15 is 0 Å². The van der Waals surface area contributed by atoms with Crippen LogP contribution < -0.4 is 5.32 Å². The predicted octanol–water partition coefficient (Wildman–Crippen LogP) is 2.38. The number of furan rings is 1. The number of thiophene rings is 1. The van der Waals surface area contributed by atoms with E-state index in [0.717, 1.165) is 4.88 Å². The van der Waals surface area contributed by atoms with Crippen molar-refractivity contribution in [2.45, 2.75) is 13.0 Å². The minimum absolute atomic E-state index is 0.0825. The lowest BCUT2D eigenvalue weighted by Crippen LogP contribution is -2.30. The Morgan fingerprint density at radius 3 is 2.89 bits per heavy atom. The molecule has 0 spiro atoms. The fraction of sp³-hybridized carbons (Fsp3) is 0.231. The Bertz CT molecular complexity index is 533. The summed E-state index contributed by atoms with van der Waals surface area (Å²) in [5.41, 5.74) is 0. The third-order valence-corrected chi connectivity index (χ3v) is 3.46. The number of amides is 1. The number of nitrogens with one attached hydrogen (secondary N) is 1. The normalized spacial score (nSPS) is 11.8. The molecule has 2 rings (SSSR count). The number of hydrogen-bond acceptors (Lipinski definition) is 5. The maximum absolute atomic E-state index is 11.6. The van der Waals surface area contributed by atoms with Crippen LogP contribution in [-0.2, 0) is 9.53 Å². The molecule has 19 heavy (non-hydrogen) atoms. The van der Waals surface area contributed by atoms with E-state index in [2.05, 4.69) is 5.32 Å². The lowest BCUT2D eigenvalue weighted by atomic mass is 10.3. The average molecular weight is 279 g/mol. The molecule has 1 amide bonds. The van der Waals surface area contributed by atoms with Gasteiger partial charge >= 0.3 is 5.97 Å². The van der Waals surface area contributed by atoms with Gasteiger partial charge in [-0.2, -0.15) is 0 Å². The second-order valence-electron chi connectivity index (χ2n) is 3.86. The van der Waals surface area contributed by atoms with E-state index in [0.29, 0.717) is 0 Å². The van der Waals surface area contributed by atoms with Crippen LogP contribution >= 0.6 is 11.3 Å². The third-order valence-electron chi connectivity index (χ3n) is 2.40. The van der Waals surface area contributed by atoms with Crippen LogP contribution in [0.1, 0.15) is 28.4 Å². The van der Waals surface area contributed by atoms with E-state index < -0.39 is 5.97 Å². The molecular formula is C13H13NO4S. The Morgan fingerprint density at radius 1 is 1.42 bits per heavy atom. The molecule has 6 heteroatoms. The van der Waals surface area contributed by atoms with Crippen LogP contribution in [0.4, 0.5) is 0 Å². The van der Waals surface area contributed by atoms with Gasteiger partial charge in [0.05, 0.1) is 12.3 Å². The summed E-state index contributed by atoms with van der Waals surface area (Å²) < 4.78 is 9.69. The van der Waals surface area contributed by atoms with Gasteiger partial charge in [0.1, 0.15) is 0 Å². The highest BCUT2D eigenvalue weighted by atomic mass is 32.1. The molecule has 0 aromatic carbocycles. The van der Waals surface area contributed by atoms with Crippen molar-refractivity contribution in [2.75, 3.05) is 6.61 Å². The van der Waals surface area contributed by atoms with Crippen LogP contribution in [0.15, 0.2) is 40.3 Å². The quantitative estimate of drug-likeness (QED) is 0.853. The first kappa shape index (κ1) is 13.4. The molecule has 1 N–H and O–H groups in total. The number of rotatable bonds is 5. The molecule has 100 valence electrons. The molecule has 0 aliphatic carbocycles. The molecule has 0 saturated carbocycles. The fourth-order valence-corrected chi connectivity index (χ4v) is 2.22. The van der Waals surface area contributed by atoms with Crippen molar-refractivity contribution in [3.05, 3.63) is 46.5 Å². The van der Waals surface area contributed by atoms with Gasteiger partial charge in [0.15, 0.2) is 6.61 Å². The van der Waals surface area contributed by atoms with Gasteiger partial charge in [0.25, 0.3) is 5.91 Å². The first-order valence-corrected chi connectivity index (χ1v) is 6.58. The highest BCUT2D eigenvalue weighted by Gasteiger charge is 2.14. The van der Waals surface area contributed by atoms with E-state index in [1.54, 1.807) is 17.4 Å². The van der Waals surface area contributed by atoms with Crippen LogP contribution in [0.25, 0.3) is 0 Å². The molecule has 2 aromatic rings. The molecule has 0 radical (unpaired) electrons. The Labute approximate surface area is 114 Å². The summed E-state index contributed by atoms with van der Waals surface area (Å²) >= 11 is 1.56. The summed E-state index contributed by atoms with van der Waals surface area (Å²) in [5.74, 6) is -0.913. The second-order valence-corrected chi connectivity index (χ2v) is 4.84. The van der Waals surface area contributed by atoms with Gasteiger partial charge in [-0.25, -0.2) is 4.79 Å². The highest BCUT2D eigenvalue weighted by molar-refractivity contribution is 7.10. The molecule has 0 aliphatic heterocycles. The van der Waals surface area contributed by atoms with Gasteiger partial charge in [0, 0.05) is 4.88 Å². The standard InChI is InChI=1S/C13H13NO4S/c1-9(11-5-3-7-19-11)14-12(15)8-18-13(16)10-4-2-6-17-10/h2-7,9H,8H2,1H3,(H,14,15). The van der Waals surface area contributed by atoms with Crippen LogP contribution in [0.3, 0.4) is 0 Å². The lowest BCUT2D eigenvalue weighted by molar-refractivity contribution is -0.124. The van der Waals surface area contributed by atoms with Gasteiger partial charge < -0.3 is 14.5 Å². The molecule has 2 heterocycles. The predicted molar refractivity (Wildman–Crippen MR) is 69.9 cm³/mol. The van der Waals surface area contributed by atoms with Gasteiger partial charge in [-0.15, -0.1) is 11.3 Å². The molecule has 0 fully saturated rings. The van der Waals surface area contributed by atoms with Crippen molar-refractivity contribution in [3.8, 4) is 0 Å². The van der Waals surface area contributed by atoms with Crippen molar-refractivity contribution in [3.63, 3.8) is 0 Å². The lowest BCUT2D eigenvalue weighted by Gasteiger charge is -2.11. The fourth-order valence-electron chi connectivity index (χ4n) is 1.49. The van der Waals surface area contributed by atoms with Crippen molar-refractivity contribution in [2.24, 2.45) is 0 Å². The van der Waals surface area contributed by atoms with Crippen molar-refractivity contribution in [1.29, 1.82) is 0 Å². The van der Waals surface area contributed by atoms with E-state index in [1.165, 1.54) is 12.3 Å². The summed E-state index contributed by atoms with van der Waals surface area (Å²) in [7, 11) is 0. The van der Waals surface area contributed by atoms with Crippen molar-refractivity contribution in [1.82, 2.24) is 5.32 Å². The number of hydrogen-bond donors (Lipinski definition) is 1. The van der Waals surface area contributed by atoms with Crippen molar-refractivity contribution < 1.29 is 18.7 Å². The zero-order valence-electron chi connectivity index (χ0n) is 10.3. The number of esters is 1. The van der Waals surface area contributed by atoms with Crippen LogP contribution in [0, 0.1) is 0 Å². The molecule has 1 unspecified atom stereocenters. The highest BCUT2D eigenvalue weighted by Crippen LogP contribution is 2.17. The smallest absolute Gasteiger partial charge is 0.374 e. The summed E-state index contributed by atoms with van der Waals surface area (Å²) in [6.45, 7) is 1.55. The minimum Gasteiger partial charge on any atom is -0.457 e. The van der Waals surface area contributed by atoms with Gasteiger partial charge in [-0.1, -0.05) is 6.07 Å². The molecular weight excluding hydrogens is 266 g/mol. The maximum Gasteiger partial charge on any atom is 0.374 e. The number of carbonyl (C=O) groups excluding carboxylic acids is 2. The van der Waals surface area contributed by atoms with Gasteiger partial charge in [-0.05, 0) is 30.5 Å². The molecule has 1 atom stereocenters. The average Bonchev–Trinajstić information content (AvgIpc) is 3.07. The first-order chi connectivity index (χ1) is 9.16. The van der Waals surface area contributed by atoms with Crippen LogP contribution in [0.2, 0.25) is 0 Å². The summed E-state index contributed by atoms with van der Waals surface area (Å²) in [6.07, 6.45) is 1.37. The second kappa shape index (κ2) is 6.19. The summed E-state index contributed by atoms with van der Waals surface area (Å²) in [6, 6.07) is 6.81. The van der Waals surface area contributed by atoms with E-state index in [1.807, 2.05) is 24.4 Å².